The van der Waals surface area contributed by atoms with Gasteiger partial charge in [0.15, 0.2) is 5.82 Å². The summed E-state index contributed by atoms with van der Waals surface area (Å²) in [5.41, 5.74) is 0.978. The Morgan fingerprint density at radius 1 is 1.61 bits per heavy atom. The predicted octanol–water partition coefficient (Wildman–Crippen LogP) is 0.787. The summed E-state index contributed by atoms with van der Waals surface area (Å²) in [6, 6.07) is 1.51. The van der Waals surface area contributed by atoms with E-state index >= 15 is 0 Å². The maximum Gasteiger partial charge on any atom is 0.320 e. The molecule has 0 unspecified atom stereocenters. The number of aliphatic hydroxyl groups is 1. The van der Waals surface area contributed by atoms with Gasteiger partial charge in [-0.2, -0.15) is 5.10 Å². The monoisotopic (exact) mass is 250 g/mol. The van der Waals surface area contributed by atoms with Crippen molar-refractivity contribution in [3.8, 4) is 0 Å². The second-order valence-corrected chi connectivity index (χ2v) is 4.56. The van der Waals surface area contributed by atoms with Crippen molar-refractivity contribution in [1.82, 2.24) is 15.1 Å². The summed E-state index contributed by atoms with van der Waals surface area (Å²) in [6.45, 7) is 2.04. The highest BCUT2D eigenvalue weighted by Gasteiger charge is 2.19. The molecule has 2 rings (SSSR count). The highest BCUT2D eigenvalue weighted by molar-refractivity contribution is 5.88. The van der Waals surface area contributed by atoms with E-state index in [1.54, 1.807) is 10.7 Å². The molecule has 1 aromatic heterocycles. The van der Waals surface area contributed by atoms with Crippen molar-refractivity contribution in [2.45, 2.75) is 19.4 Å². The molecule has 0 spiro atoms. The number of carbonyl (C=O) groups excluding carboxylic acids is 1. The van der Waals surface area contributed by atoms with Gasteiger partial charge >= 0.3 is 6.03 Å². The second-order valence-electron chi connectivity index (χ2n) is 4.56. The average molecular weight is 250 g/mol. The lowest BCUT2D eigenvalue weighted by atomic mass is 10.1. The van der Waals surface area contributed by atoms with E-state index in [1.165, 1.54) is 0 Å². The molecule has 0 aromatic carbocycles. The first kappa shape index (κ1) is 12.6. The Labute approximate surface area is 106 Å². The summed E-state index contributed by atoms with van der Waals surface area (Å²) >= 11 is 0. The van der Waals surface area contributed by atoms with Crippen molar-refractivity contribution in [2.24, 2.45) is 13.0 Å². The van der Waals surface area contributed by atoms with Crippen LogP contribution in [0.1, 0.15) is 12.1 Å². The number of hydrogen-bond acceptors (Lipinski definition) is 3. The van der Waals surface area contributed by atoms with Crippen LogP contribution in [0.4, 0.5) is 10.6 Å². The minimum atomic E-state index is -0.277. The Kier molecular flexibility index (Phi) is 3.66. The zero-order valence-corrected chi connectivity index (χ0v) is 10.6. The molecule has 0 fully saturated rings. The predicted molar refractivity (Wildman–Crippen MR) is 68.2 cm³/mol. The highest BCUT2D eigenvalue weighted by atomic mass is 16.3. The van der Waals surface area contributed by atoms with Crippen molar-refractivity contribution >= 4 is 11.8 Å². The Hall–Kier alpha value is -1.82. The zero-order valence-electron chi connectivity index (χ0n) is 10.6. The molecule has 98 valence electrons. The lowest BCUT2D eigenvalue weighted by molar-refractivity contribution is 0.238. The molecule has 2 atom stereocenters. The average Bonchev–Trinajstić information content (AvgIpc) is 2.87. The number of aliphatic hydroxyl groups excluding tert-OH is 1. The van der Waals surface area contributed by atoms with Gasteiger partial charge in [-0.1, -0.05) is 12.2 Å². The fourth-order valence-corrected chi connectivity index (χ4v) is 1.96. The van der Waals surface area contributed by atoms with E-state index in [-0.39, 0.29) is 24.6 Å². The van der Waals surface area contributed by atoms with Crippen molar-refractivity contribution in [3.63, 3.8) is 0 Å². The Balaban J connectivity index is 1.84. The van der Waals surface area contributed by atoms with Gasteiger partial charge in [0.2, 0.25) is 0 Å². The number of aromatic nitrogens is 2. The first-order chi connectivity index (χ1) is 8.58. The SMILES string of the molecule is Cc1cc(NC(=O)N[C@@H]2C=C[C@H](CO)C2)nn1C. The van der Waals surface area contributed by atoms with Gasteiger partial charge in [-0.05, 0) is 13.3 Å². The summed E-state index contributed by atoms with van der Waals surface area (Å²) in [6.07, 6.45) is 4.57. The largest absolute Gasteiger partial charge is 0.396 e. The van der Waals surface area contributed by atoms with Gasteiger partial charge < -0.3 is 10.4 Å². The van der Waals surface area contributed by atoms with Gasteiger partial charge in [0, 0.05) is 37.4 Å². The van der Waals surface area contributed by atoms with Crippen molar-refractivity contribution in [2.75, 3.05) is 11.9 Å². The van der Waals surface area contributed by atoms with E-state index in [9.17, 15) is 4.79 Å². The Bertz CT molecular complexity index is 447. The van der Waals surface area contributed by atoms with Crippen LogP contribution in [-0.2, 0) is 7.05 Å². The number of rotatable bonds is 3. The normalized spacial score (nSPS) is 22.2. The summed E-state index contributed by atoms with van der Waals surface area (Å²) in [5.74, 6) is 0.681. The fraction of sp³-hybridized carbons (Fsp3) is 0.500. The molecule has 6 heteroatoms. The van der Waals surface area contributed by atoms with E-state index in [4.69, 9.17) is 5.11 Å². The van der Waals surface area contributed by atoms with Gasteiger partial charge in [-0.25, -0.2) is 4.79 Å². The number of anilines is 1. The lowest BCUT2D eigenvalue weighted by Gasteiger charge is -2.12. The van der Waals surface area contributed by atoms with E-state index in [2.05, 4.69) is 15.7 Å². The first-order valence-corrected chi connectivity index (χ1v) is 5.96. The molecule has 1 aromatic rings. The molecule has 0 bridgehead atoms. The van der Waals surface area contributed by atoms with Gasteiger partial charge in [0.25, 0.3) is 0 Å². The number of nitrogens with one attached hydrogen (secondary N) is 2. The van der Waals surface area contributed by atoms with Crippen LogP contribution in [0, 0.1) is 12.8 Å². The van der Waals surface area contributed by atoms with Crippen LogP contribution in [0.15, 0.2) is 18.2 Å². The van der Waals surface area contributed by atoms with Crippen LogP contribution in [0.2, 0.25) is 0 Å². The van der Waals surface area contributed by atoms with Gasteiger partial charge in [0.1, 0.15) is 0 Å². The molecule has 1 aliphatic rings. The molecule has 6 nitrogen and oxygen atoms in total. The number of carbonyl (C=O) groups is 1. The first-order valence-electron chi connectivity index (χ1n) is 5.96. The minimum absolute atomic E-state index is 0.0213. The van der Waals surface area contributed by atoms with Crippen LogP contribution in [0.5, 0.6) is 0 Å². The molecular weight excluding hydrogens is 232 g/mol. The standard InChI is InChI=1S/C12H18N4O2/c1-8-5-11(15-16(8)2)14-12(18)13-10-4-3-9(6-10)7-17/h3-5,9-10,17H,6-7H2,1-2H3,(H2,13,14,15,18)/t9-,10+/m0/s1. The van der Waals surface area contributed by atoms with E-state index < -0.39 is 0 Å². The van der Waals surface area contributed by atoms with Crippen molar-refractivity contribution in [3.05, 3.63) is 23.9 Å². The van der Waals surface area contributed by atoms with Crippen LogP contribution < -0.4 is 10.6 Å². The molecule has 2 amide bonds. The maximum absolute atomic E-state index is 11.7. The summed E-state index contributed by atoms with van der Waals surface area (Å²) in [4.78, 5) is 11.7. The smallest absolute Gasteiger partial charge is 0.320 e. The van der Waals surface area contributed by atoms with E-state index in [0.29, 0.717) is 5.82 Å². The molecule has 1 aliphatic carbocycles. The van der Waals surface area contributed by atoms with Crippen molar-refractivity contribution < 1.29 is 9.90 Å². The van der Waals surface area contributed by atoms with Gasteiger partial charge in [0.05, 0.1) is 0 Å². The fourth-order valence-electron chi connectivity index (χ4n) is 1.96. The molecule has 18 heavy (non-hydrogen) atoms. The number of hydrogen-bond donors (Lipinski definition) is 3. The lowest BCUT2D eigenvalue weighted by Crippen LogP contribution is -2.36. The molecule has 0 radical (unpaired) electrons. The topological polar surface area (TPSA) is 79.2 Å². The summed E-state index contributed by atoms with van der Waals surface area (Å²) in [5, 5.41) is 18.6. The van der Waals surface area contributed by atoms with Crippen LogP contribution in [0.25, 0.3) is 0 Å². The number of nitrogens with zero attached hydrogens (tertiary/aromatic N) is 2. The molecular formula is C12H18N4O2. The number of urea groups is 1. The Morgan fingerprint density at radius 3 is 2.94 bits per heavy atom. The second kappa shape index (κ2) is 5.22. The molecule has 0 saturated heterocycles. The van der Waals surface area contributed by atoms with Gasteiger partial charge in [-0.15, -0.1) is 0 Å². The third-order valence-corrected chi connectivity index (χ3v) is 3.08. The summed E-state index contributed by atoms with van der Waals surface area (Å²) in [7, 11) is 1.82. The van der Waals surface area contributed by atoms with Gasteiger partial charge in [-0.3, -0.25) is 10.00 Å². The third-order valence-electron chi connectivity index (χ3n) is 3.08. The minimum Gasteiger partial charge on any atom is -0.396 e. The quantitative estimate of drug-likeness (QED) is 0.694. The van der Waals surface area contributed by atoms with Crippen LogP contribution in [0.3, 0.4) is 0 Å². The summed E-state index contributed by atoms with van der Waals surface area (Å²) < 4.78 is 1.70. The molecule has 3 N–H and O–H groups in total. The van der Waals surface area contributed by atoms with Crippen LogP contribution >= 0.6 is 0 Å². The maximum atomic E-state index is 11.7. The van der Waals surface area contributed by atoms with E-state index in [1.807, 2.05) is 26.1 Å². The molecule has 1 heterocycles. The van der Waals surface area contributed by atoms with E-state index in [0.717, 1.165) is 12.1 Å². The highest BCUT2D eigenvalue weighted by Crippen LogP contribution is 2.17. The third kappa shape index (κ3) is 2.89. The molecule has 0 aliphatic heterocycles. The van der Waals surface area contributed by atoms with Crippen LogP contribution in [-0.4, -0.2) is 33.6 Å². The van der Waals surface area contributed by atoms with Crippen molar-refractivity contribution in [1.29, 1.82) is 0 Å². The number of aryl methyl sites for hydroxylation is 2. The molecule has 0 saturated carbocycles. The number of amides is 2. The Morgan fingerprint density at radius 2 is 2.39 bits per heavy atom. The zero-order chi connectivity index (χ0) is 13.1.